The number of nitrogens with zero attached hydrogens (tertiary/aromatic N) is 2. The first-order chi connectivity index (χ1) is 12.4. The summed E-state index contributed by atoms with van der Waals surface area (Å²) < 4.78 is 6.34. The maximum absolute atomic E-state index is 12.0. The van der Waals surface area contributed by atoms with Gasteiger partial charge in [0.05, 0.1) is 26.8 Å². The van der Waals surface area contributed by atoms with Crippen molar-refractivity contribution in [2.45, 2.75) is 0 Å². The number of halogens is 4. The first kappa shape index (κ1) is 18.9. The molecule has 26 heavy (non-hydrogen) atoms. The predicted molar refractivity (Wildman–Crippen MR) is 106 cm³/mol. The van der Waals surface area contributed by atoms with Crippen molar-refractivity contribution in [3.8, 4) is 11.3 Å². The Morgan fingerprint density at radius 3 is 2.65 bits per heavy atom. The molecule has 0 aliphatic heterocycles. The Morgan fingerprint density at radius 2 is 1.88 bits per heavy atom. The maximum Gasteiger partial charge on any atom is 0.272 e. The third-order valence-corrected chi connectivity index (χ3v) is 4.70. The second-order valence-corrected chi connectivity index (χ2v) is 7.18. The molecule has 0 saturated heterocycles. The number of benzene rings is 1. The molecule has 1 amide bonds. The molecule has 0 radical (unpaired) electrons. The van der Waals surface area contributed by atoms with Gasteiger partial charge in [-0.1, -0.05) is 34.8 Å². The van der Waals surface area contributed by atoms with E-state index in [9.17, 15) is 4.79 Å². The van der Waals surface area contributed by atoms with Crippen LogP contribution in [0, 0.1) is 0 Å². The molecule has 0 bridgehead atoms. The highest BCUT2D eigenvalue weighted by Gasteiger charge is 2.11. The number of carbonyl (C=O) groups excluding carboxylic acids is 1. The fraction of sp³-hybridized carbons (Fsp3) is 0. The van der Waals surface area contributed by atoms with Crippen LogP contribution in [0.15, 0.2) is 56.7 Å². The van der Waals surface area contributed by atoms with Gasteiger partial charge in [0, 0.05) is 22.4 Å². The normalized spacial score (nSPS) is 11.1. The summed E-state index contributed by atoms with van der Waals surface area (Å²) in [6.07, 6.45) is 4.39. The Labute approximate surface area is 172 Å². The monoisotopic (exact) mass is 471 g/mol. The molecule has 1 N–H and O–H groups in total. The molecular weight excluding hydrogens is 464 g/mol. The standard InChI is InChI=1S/C17H9BrCl3N3O2/c18-10-3-9(6-22-7-10)17(25)24-23-8-11-1-2-16(26-11)12-4-14(20)15(21)5-13(12)19/h1-8H,(H,24,25)/b23-8+. The van der Waals surface area contributed by atoms with Crippen molar-refractivity contribution >= 4 is 62.9 Å². The number of hydrogen-bond acceptors (Lipinski definition) is 4. The molecule has 3 rings (SSSR count). The summed E-state index contributed by atoms with van der Waals surface area (Å²) in [4.78, 5) is 15.9. The van der Waals surface area contributed by atoms with E-state index in [4.69, 9.17) is 39.2 Å². The SMILES string of the molecule is O=C(N/N=C/c1ccc(-c2cc(Cl)c(Cl)cc2Cl)o1)c1cncc(Br)c1. The number of rotatable bonds is 4. The highest BCUT2D eigenvalue weighted by Crippen LogP contribution is 2.35. The number of hydrazone groups is 1. The third kappa shape index (κ3) is 4.45. The lowest BCUT2D eigenvalue weighted by Gasteiger charge is -2.03. The minimum absolute atomic E-state index is 0.360. The molecule has 3 aromatic rings. The molecule has 0 aliphatic rings. The lowest BCUT2D eigenvalue weighted by molar-refractivity contribution is 0.0954. The van der Waals surface area contributed by atoms with Crippen LogP contribution in [0.4, 0.5) is 0 Å². The smallest absolute Gasteiger partial charge is 0.272 e. The first-order valence-corrected chi connectivity index (χ1v) is 9.05. The summed E-state index contributed by atoms with van der Waals surface area (Å²) in [7, 11) is 0. The van der Waals surface area contributed by atoms with E-state index in [2.05, 4.69) is 31.4 Å². The van der Waals surface area contributed by atoms with Crippen molar-refractivity contribution in [1.82, 2.24) is 10.4 Å². The van der Waals surface area contributed by atoms with E-state index in [0.717, 1.165) is 0 Å². The van der Waals surface area contributed by atoms with Crippen LogP contribution in [0.5, 0.6) is 0 Å². The molecule has 9 heteroatoms. The minimum Gasteiger partial charge on any atom is -0.455 e. The zero-order chi connectivity index (χ0) is 18.7. The fourth-order valence-electron chi connectivity index (χ4n) is 2.03. The lowest BCUT2D eigenvalue weighted by atomic mass is 10.2. The Morgan fingerprint density at radius 1 is 1.12 bits per heavy atom. The van der Waals surface area contributed by atoms with E-state index in [1.54, 1.807) is 36.5 Å². The van der Waals surface area contributed by atoms with E-state index in [0.29, 0.717) is 42.2 Å². The molecular formula is C17H9BrCl3N3O2. The van der Waals surface area contributed by atoms with Crippen LogP contribution in [0.2, 0.25) is 15.1 Å². The first-order valence-electron chi connectivity index (χ1n) is 7.13. The number of aromatic nitrogens is 1. The van der Waals surface area contributed by atoms with Gasteiger partial charge < -0.3 is 4.42 Å². The van der Waals surface area contributed by atoms with Gasteiger partial charge in [-0.15, -0.1) is 0 Å². The van der Waals surface area contributed by atoms with Gasteiger partial charge in [0.1, 0.15) is 11.5 Å². The molecule has 132 valence electrons. The number of amides is 1. The molecule has 5 nitrogen and oxygen atoms in total. The molecule has 0 saturated carbocycles. The van der Waals surface area contributed by atoms with Crippen molar-refractivity contribution in [2.24, 2.45) is 5.10 Å². The third-order valence-electron chi connectivity index (χ3n) is 3.23. The van der Waals surface area contributed by atoms with E-state index in [1.807, 2.05) is 0 Å². The molecule has 0 spiro atoms. The van der Waals surface area contributed by atoms with Gasteiger partial charge in [0.25, 0.3) is 5.91 Å². The van der Waals surface area contributed by atoms with Crippen LogP contribution in [-0.4, -0.2) is 17.1 Å². The molecule has 2 heterocycles. The second kappa shape index (κ2) is 8.22. The Hall–Kier alpha value is -1.86. The zero-order valence-corrected chi connectivity index (χ0v) is 16.7. The van der Waals surface area contributed by atoms with Crippen LogP contribution < -0.4 is 5.43 Å². The van der Waals surface area contributed by atoms with Gasteiger partial charge in [-0.2, -0.15) is 5.10 Å². The van der Waals surface area contributed by atoms with Crippen molar-refractivity contribution < 1.29 is 9.21 Å². The maximum atomic E-state index is 12.0. The summed E-state index contributed by atoms with van der Waals surface area (Å²) in [6, 6.07) is 8.20. The number of furan rings is 1. The molecule has 1 aromatic carbocycles. The Kier molecular flexibility index (Phi) is 5.98. The van der Waals surface area contributed by atoms with Gasteiger partial charge in [0.2, 0.25) is 0 Å². The highest BCUT2D eigenvalue weighted by atomic mass is 79.9. The van der Waals surface area contributed by atoms with Gasteiger partial charge in [-0.05, 0) is 46.3 Å². The predicted octanol–water partition coefficient (Wildman–Crippen LogP) is 5.83. The van der Waals surface area contributed by atoms with Crippen LogP contribution in [0.25, 0.3) is 11.3 Å². The topological polar surface area (TPSA) is 67.5 Å². The summed E-state index contributed by atoms with van der Waals surface area (Å²) in [6.45, 7) is 0. The number of carbonyl (C=O) groups is 1. The average molecular weight is 474 g/mol. The largest absolute Gasteiger partial charge is 0.455 e. The van der Waals surface area contributed by atoms with Crippen molar-refractivity contribution in [2.75, 3.05) is 0 Å². The van der Waals surface area contributed by atoms with Gasteiger partial charge in [-0.25, -0.2) is 5.43 Å². The number of pyridine rings is 1. The van der Waals surface area contributed by atoms with Crippen LogP contribution in [0.1, 0.15) is 16.1 Å². The summed E-state index contributed by atoms with van der Waals surface area (Å²) in [5, 5.41) is 5.00. The molecule has 0 aliphatic carbocycles. The van der Waals surface area contributed by atoms with Gasteiger partial charge in [-0.3, -0.25) is 9.78 Å². The summed E-state index contributed by atoms with van der Waals surface area (Å²) in [5.41, 5.74) is 3.37. The molecule has 0 atom stereocenters. The second-order valence-electron chi connectivity index (χ2n) is 5.04. The Balaban J connectivity index is 1.72. The van der Waals surface area contributed by atoms with Crippen LogP contribution >= 0.6 is 50.7 Å². The summed E-state index contributed by atoms with van der Waals surface area (Å²) >= 11 is 21.4. The minimum atomic E-state index is -0.394. The van der Waals surface area contributed by atoms with Crippen LogP contribution in [-0.2, 0) is 0 Å². The molecule has 0 unspecified atom stereocenters. The summed E-state index contributed by atoms with van der Waals surface area (Å²) in [5.74, 6) is 0.529. The average Bonchev–Trinajstić information content (AvgIpc) is 3.06. The van der Waals surface area contributed by atoms with E-state index in [1.165, 1.54) is 12.4 Å². The van der Waals surface area contributed by atoms with E-state index < -0.39 is 5.91 Å². The molecule has 0 fully saturated rings. The Bertz CT molecular complexity index is 1000. The van der Waals surface area contributed by atoms with Crippen molar-refractivity contribution in [1.29, 1.82) is 0 Å². The number of nitrogens with one attached hydrogen (secondary N) is 1. The van der Waals surface area contributed by atoms with E-state index in [-0.39, 0.29) is 0 Å². The van der Waals surface area contributed by atoms with Gasteiger partial charge in [0.15, 0.2) is 0 Å². The van der Waals surface area contributed by atoms with Gasteiger partial charge >= 0.3 is 0 Å². The number of hydrogen-bond donors (Lipinski definition) is 1. The highest BCUT2D eigenvalue weighted by molar-refractivity contribution is 9.10. The van der Waals surface area contributed by atoms with Crippen LogP contribution in [0.3, 0.4) is 0 Å². The lowest BCUT2D eigenvalue weighted by Crippen LogP contribution is -2.17. The van der Waals surface area contributed by atoms with Crippen molar-refractivity contribution in [3.05, 3.63) is 73.6 Å². The van der Waals surface area contributed by atoms with E-state index >= 15 is 0 Å². The zero-order valence-electron chi connectivity index (χ0n) is 12.8. The fourth-order valence-corrected chi connectivity index (χ4v) is 3.04. The van der Waals surface area contributed by atoms with Crippen molar-refractivity contribution in [3.63, 3.8) is 0 Å². The quantitative estimate of drug-likeness (QED) is 0.295. The molecule has 2 aromatic heterocycles.